The maximum Gasteiger partial charge on any atom is 0.407 e. The van der Waals surface area contributed by atoms with Crippen molar-refractivity contribution in [3.8, 4) is 0 Å². The van der Waals surface area contributed by atoms with Crippen LogP contribution in [0, 0.1) is 0 Å². The second-order valence-electron chi connectivity index (χ2n) is 8.58. The molecule has 5 atom stereocenters. The largest absolute Gasteiger partial charge is 0.468 e. The maximum atomic E-state index is 12.4. The van der Waals surface area contributed by atoms with Gasteiger partial charge in [0.2, 0.25) is 5.91 Å². The number of hydrogen-bond donors (Lipinski definition) is 2. The van der Waals surface area contributed by atoms with Crippen LogP contribution in [0.2, 0.25) is 0 Å². The van der Waals surface area contributed by atoms with Crippen molar-refractivity contribution in [1.82, 2.24) is 10.6 Å². The summed E-state index contributed by atoms with van der Waals surface area (Å²) in [6.45, 7) is 8.40. The van der Waals surface area contributed by atoms with Gasteiger partial charge in [0.1, 0.15) is 30.5 Å². The first-order chi connectivity index (χ1) is 13.8. The summed E-state index contributed by atoms with van der Waals surface area (Å²) in [7, 11) is 2.71. The van der Waals surface area contributed by atoms with Crippen molar-refractivity contribution in [1.29, 1.82) is 0 Å². The number of carbonyl (C=O) groups excluding carboxylic acids is 3. The van der Waals surface area contributed by atoms with Crippen molar-refractivity contribution in [3.05, 3.63) is 0 Å². The predicted molar refractivity (Wildman–Crippen MR) is 102 cm³/mol. The van der Waals surface area contributed by atoms with Crippen LogP contribution in [0.4, 0.5) is 4.79 Å². The van der Waals surface area contributed by atoms with Crippen LogP contribution in [-0.4, -0.2) is 80.8 Å². The summed E-state index contributed by atoms with van der Waals surface area (Å²) in [6.07, 6.45) is -3.51. The second-order valence-corrected chi connectivity index (χ2v) is 8.58. The molecule has 0 bridgehead atoms. The fourth-order valence-electron chi connectivity index (χ4n) is 3.32. The molecule has 0 aromatic rings. The third-order valence-corrected chi connectivity index (χ3v) is 4.46. The minimum absolute atomic E-state index is 0.191. The molecule has 2 aliphatic heterocycles. The lowest BCUT2D eigenvalue weighted by molar-refractivity contribution is -0.219. The van der Waals surface area contributed by atoms with E-state index < -0.39 is 60.0 Å². The van der Waals surface area contributed by atoms with Gasteiger partial charge < -0.3 is 39.1 Å². The molecule has 2 fully saturated rings. The molecule has 0 saturated carbocycles. The lowest BCUT2D eigenvalue weighted by atomic mass is 10.00. The van der Waals surface area contributed by atoms with Crippen molar-refractivity contribution in [2.75, 3.05) is 20.8 Å². The highest BCUT2D eigenvalue weighted by Crippen LogP contribution is 2.39. The van der Waals surface area contributed by atoms with Crippen LogP contribution in [0.3, 0.4) is 0 Å². The Bertz CT molecular complexity index is 646. The topological polar surface area (TPSA) is 131 Å². The summed E-state index contributed by atoms with van der Waals surface area (Å²) < 4.78 is 32.9. The first kappa shape index (κ1) is 24.3. The van der Waals surface area contributed by atoms with Gasteiger partial charge in [-0.3, -0.25) is 9.59 Å². The van der Waals surface area contributed by atoms with E-state index >= 15 is 0 Å². The molecule has 0 aliphatic carbocycles. The Morgan fingerprint density at radius 3 is 2.37 bits per heavy atom. The Morgan fingerprint density at radius 2 is 1.80 bits per heavy atom. The van der Waals surface area contributed by atoms with Crippen molar-refractivity contribution in [2.45, 2.75) is 83.1 Å². The van der Waals surface area contributed by atoms with E-state index in [1.54, 1.807) is 34.6 Å². The standard InChI is InChI=1S/C19H32N2O9/c1-18(2,3)30-17(24)21-10(8-11(22)20-9-12(23)25-6)13-14(26-7)15-16(27-13)29-19(4,5)28-15/h10,13-16H,8-9H2,1-7H3,(H,20,22)(H,21,24)/t10-,13-,14+,15-,16-/m1/s1. The van der Waals surface area contributed by atoms with E-state index in [2.05, 4.69) is 15.4 Å². The monoisotopic (exact) mass is 432 g/mol. The van der Waals surface area contributed by atoms with Gasteiger partial charge in [-0.2, -0.15) is 0 Å². The number of fused-ring (bicyclic) bond motifs is 1. The summed E-state index contributed by atoms with van der Waals surface area (Å²) in [5.41, 5.74) is -0.730. The van der Waals surface area contributed by atoms with Crippen LogP contribution in [-0.2, 0) is 38.0 Å². The lowest BCUT2D eigenvalue weighted by Crippen LogP contribution is -2.53. The van der Waals surface area contributed by atoms with Gasteiger partial charge in [0.15, 0.2) is 12.1 Å². The minimum Gasteiger partial charge on any atom is -0.468 e. The molecule has 172 valence electrons. The van der Waals surface area contributed by atoms with Gasteiger partial charge in [-0.25, -0.2) is 4.79 Å². The van der Waals surface area contributed by atoms with Crippen LogP contribution in [0.5, 0.6) is 0 Å². The summed E-state index contributed by atoms with van der Waals surface area (Å²) in [4.78, 5) is 36.0. The summed E-state index contributed by atoms with van der Waals surface area (Å²) in [5.74, 6) is -1.92. The average molecular weight is 432 g/mol. The smallest absolute Gasteiger partial charge is 0.407 e. The number of carbonyl (C=O) groups is 3. The zero-order chi connectivity index (χ0) is 22.7. The SMILES string of the molecule is COC(=O)CNC(=O)C[C@@H](NC(=O)OC(C)(C)C)[C@H]1O[C@@H]2OC(C)(C)O[C@@H]2[C@H]1OC. The van der Waals surface area contributed by atoms with E-state index in [4.69, 9.17) is 23.7 Å². The minimum atomic E-state index is -0.844. The number of nitrogens with one attached hydrogen (secondary N) is 2. The normalized spacial score (nSPS) is 28.4. The summed E-state index contributed by atoms with van der Waals surface area (Å²) in [5, 5.41) is 5.11. The van der Waals surface area contributed by atoms with E-state index in [9.17, 15) is 14.4 Å². The summed E-state index contributed by atoms with van der Waals surface area (Å²) in [6, 6.07) is -0.830. The van der Waals surface area contributed by atoms with Crippen LogP contribution in [0.15, 0.2) is 0 Å². The van der Waals surface area contributed by atoms with Gasteiger partial charge >= 0.3 is 12.1 Å². The van der Waals surface area contributed by atoms with E-state index in [0.717, 1.165) is 0 Å². The number of hydrogen-bond acceptors (Lipinski definition) is 9. The zero-order valence-electron chi connectivity index (χ0n) is 18.5. The first-order valence-corrected chi connectivity index (χ1v) is 9.72. The number of esters is 1. The Morgan fingerprint density at radius 1 is 1.13 bits per heavy atom. The van der Waals surface area contributed by atoms with Crippen molar-refractivity contribution in [2.24, 2.45) is 0 Å². The first-order valence-electron chi connectivity index (χ1n) is 9.72. The Balaban J connectivity index is 2.13. The van der Waals surface area contributed by atoms with Gasteiger partial charge in [-0.05, 0) is 34.6 Å². The molecule has 0 unspecified atom stereocenters. The second kappa shape index (κ2) is 9.46. The molecule has 0 spiro atoms. The maximum absolute atomic E-state index is 12.4. The van der Waals surface area contributed by atoms with Gasteiger partial charge in [0.05, 0.1) is 13.2 Å². The predicted octanol–water partition coefficient (Wildman–Crippen LogP) is 0.450. The highest BCUT2D eigenvalue weighted by molar-refractivity contribution is 5.82. The van der Waals surface area contributed by atoms with Gasteiger partial charge in [-0.15, -0.1) is 0 Å². The average Bonchev–Trinajstić information content (AvgIpc) is 3.08. The van der Waals surface area contributed by atoms with Crippen LogP contribution < -0.4 is 10.6 Å². The van der Waals surface area contributed by atoms with Crippen molar-refractivity contribution >= 4 is 18.0 Å². The molecule has 30 heavy (non-hydrogen) atoms. The number of rotatable bonds is 7. The molecule has 11 nitrogen and oxygen atoms in total. The fraction of sp³-hybridized carbons (Fsp3) is 0.842. The van der Waals surface area contributed by atoms with Crippen LogP contribution in [0.25, 0.3) is 0 Å². The van der Waals surface area contributed by atoms with Crippen LogP contribution >= 0.6 is 0 Å². The number of methoxy groups -OCH3 is 2. The van der Waals surface area contributed by atoms with Crippen molar-refractivity contribution in [3.63, 3.8) is 0 Å². The lowest BCUT2D eigenvalue weighted by Gasteiger charge is -2.31. The van der Waals surface area contributed by atoms with Crippen molar-refractivity contribution < 1.29 is 42.8 Å². The molecule has 2 aliphatic rings. The number of alkyl carbamates (subject to hydrolysis) is 1. The molecule has 2 heterocycles. The molecule has 2 N–H and O–H groups in total. The molecule has 2 saturated heterocycles. The zero-order valence-corrected chi connectivity index (χ0v) is 18.5. The molecule has 2 amide bonds. The Hall–Kier alpha value is -1.95. The molecule has 11 heteroatoms. The number of ether oxygens (including phenoxy) is 6. The Labute approximate surface area is 176 Å². The quantitative estimate of drug-likeness (QED) is 0.551. The molecule has 0 aromatic heterocycles. The third kappa shape index (κ3) is 6.53. The van der Waals surface area contributed by atoms with E-state index in [1.165, 1.54) is 14.2 Å². The number of amides is 2. The molecule has 0 radical (unpaired) electrons. The van der Waals surface area contributed by atoms with Gasteiger partial charge in [-0.1, -0.05) is 0 Å². The summed E-state index contributed by atoms with van der Waals surface area (Å²) >= 11 is 0. The molecule has 0 aromatic carbocycles. The molecular formula is C19H32N2O9. The van der Waals surface area contributed by atoms with Gasteiger partial charge in [0.25, 0.3) is 0 Å². The highest BCUT2D eigenvalue weighted by Gasteiger charge is 2.57. The Kier molecular flexibility index (Phi) is 7.67. The fourth-order valence-corrected chi connectivity index (χ4v) is 3.32. The van der Waals surface area contributed by atoms with Gasteiger partial charge in [0, 0.05) is 13.5 Å². The van der Waals surface area contributed by atoms with E-state index in [1.807, 2.05) is 0 Å². The third-order valence-electron chi connectivity index (χ3n) is 4.46. The molecular weight excluding hydrogens is 400 g/mol. The molecule has 2 rings (SSSR count). The van der Waals surface area contributed by atoms with E-state index in [-0.39, 0.29) is 13.0 Å². The van der Waals surface area contributed by atoms with Crippen LogP contribution in [0.1, 0.15) is 41.0 Å². The highest BCUT2D eigenvalue weighted by atomic mass is 16.8. The van der Waals surface area contributed by atoms with E-state index in [0.29, 0.717) is 0 Å².